The van der Waals surface area contributed by atoms with Crippen LogP contribution in [0.4, 0.5) is 8.78 Å². The van der Waals surface area contributed by atoms with Crippen LogP contribution >= 0.6 is 0 Å². The number of hydrogen-bond donors (Lipinski definition) is 1. The molecule has 1 N–H and O–H groups in total. The zero-order valence-electron chi connectivity index (χ0n) is 15.1. The number of benzene rings is 2. The van der Waals surface area contributed by atoms with Crippen molar-refractivity contribution in [3.8, 4) is 11.5 Å². The van der Waals surface area contributed by atoms with E-state index in [9.17, 15) is 22.0 Å². The van der Waals surface area contributed by atoms with Gasteiger partial charge in [0.15, 0.2) is 0 Å². The van der Waals surface area contributed by atoms with Crippen LogP contribution in [0, 0.1) is 0 Å². The summed E-state index contributed by atoms with van der Waals surface area (Å²) in [5.41, 5.74) is 0. The number of alkyl halides is 2. The molecule has 0 aliphatic heterocycles. The molecule has 0 atom stereocenters. The van der Waals surface area contributed by atoms with Crippen molar-refractivity contribution in [1.29, 1.82) is 0 Å². The number of carbonyl (C=O) groups excluding carboxylic acids is 1. The molecule has 2 aromatic rings. The van der Waals surface area contributed by atoms with Crippen LogP contribution in [0.3, 0.4) is 0 Å². The normalized spacial score (nSPS) is 12.0. The lowest BCUT2D eigenvalue weighted by atomic mass is 10.1. The molecule has 0 aliphatic carbocycles. The van der Waals surface area contributed by atoms with Crippen molar-refractivity contribution < 1.29 is 40.8 Å². The van der Waals surface area contributed by atoms with Gasteiger partial charge in [0.2, 0.25) is 0 Å². The lowest BCUT2D eigenvalue weighted by Gasteiger charge is -2.14. The molecule has 2 aromatic carbocycles. The van der Waals surface area contributed by atoms with Crippen LogP contribution in [-0.4, -0.2) is 44.0 Å². The van der Waals surface area contributed by atoms with Crippen LogP contribution in [0.1, 0.15) is 19.8 Å². The maximum Gasteiger partial charge on any atom is 0.465 e. The SMILES string of the molecule is CCCCOc1cccc2c(OCCOC(=O)C(F)(F)S(=O)(=O)O)cccc12. The molecule has 10 heteroatoms. The van der Waals surface area contributed by atoms with Crippen molar-refractivity contribution in [2.45, 2.75) is 25.0 Å². The smallest absolute Gasteiger partial charge is 0.465 e. The fourth-order valence-electron chi connectivity index (χ4n) is 2.31. The van der Waals surface area contributed by atoms with Crippen LogP contribution in [-0.2, 0) is 19.6 Å². The highest BCUT2D eigenvalue weighted by Gasteiger charge is 2.54. The monoisotopic (exact) mass is 418 g/mol. The van der Waals surface area contributed by atoms with Crippen LogP contribution < -0.4 is 9.47 Å². The predicted molar refractivity (Wildman–Crippen MR) is 97.3 cm³/mol. The van der Waals surface area contributed by atoms with E-state index in [1.54, 1.807) is 24.3 Å². The summed E-state index contributed by atoms with van der Waals surface area (Å²) in [4.78, 5) is 11.1. The Hall–Kier alpha value is -2.46. The Balaban J connectivity index is 2.01. The van der Waals surface area contributed by atoms with E-state index in [1.165, 1.54) is 0 Å². The highest BCUT2D eigenvalue weighted by molar-refractivity contribution is 7.87. The van der Waals surface area contributed by atoms with Crippen LogP contribution in [0.25, 0.3) is 10.8 Å². The second-order valence-corrected chi connectivity index (χ2v) is 7.25. The first-order valence-electron chi connectivity index (χ1n) is 8.48. The number of esters is 1. The summed E-state index contributed by atoms with van der Waals surface area (Å²) in [5.74, 6) is -1.28. The summed E-state index contributed by atoms with van der Waals surface area (Å²) >= 11 is 0. The van der Waals surface area contributed by atoms with Gasteiger partial charge in [0.25, 0.3) is 0 Å². The number of fused-ring (bicyclic) bond motifs is 1. The van der Waals surface area contributed by atoms with Gasteiger partial charge in [-0.1, -0.05) is 37.6 Å². The van der Waals surface area contributed by atoms with Crippen molar-refractivity contribution in [2.24, 2.45) is 0 Å². The molecule has 0 unspecified atom stereocenters. The van der Waals surface area contributed by atoms with Crippen LogP contribution in [0.2, 0.25) is 0 Å². The molecule has 0 radical (unpaired) electrons. The molecule has 0 saturated heterocycles. The highest BCUT2D eigenvalue weighted by Crippen LogP contribution is 2.32. The molecule has 0 bridgehead atoms. The first kappa shape index (κ1) is 21.8. The number of hydrogen-bond acceptors (Lipinski definition) is 6. The second-order valence-electron chi connectivity index (χ2n) is 5.79. The third-order valence-electron chi connectivity index (χ3n) is 3.73. The van der Waals surface area contributed by atoms with Gasteiger partial charge in [-0.05, 0) is 18.6 Å². The van der Waals surface area contributed by atoms with Crippen molar-refractivity contribution in [3.05, 3.63) is 36.4 Å². The minimum atomic E-state index is -5.90. The van der Waals surface area contributed by atoms with E-state index in [0.29, 0.717) is 23.5 Å². The number of unbranched alkanes of at least 4 members (excludes halogenated alkanes) is 1. The van der Waals surface area contributed by atoms with Gasteiger partial charge >= 0.3 is 21.3 Å². The summed E-state index contributed by atoms with van der Waals surface area (Å²) in [6, 6.07) is 10.6. The molecule has 0 aromatic heterocycles. The Bertz CT molecular complexity index is 929. The van der Waals surface area contributed by atoms with E-state index in [2.05, 4.69) is 11.7 Å². The average molecular weight is 418 g/mol. The maximum atomic E-state index is 13.1. The molecule has 0 amide bonds. The van der Waals surface area contributed by atoms with E-state index in [-0.39, 0.29) is 6.61 Å². The highest BCUT2D eigenvalue weighted by atomic mass is 32.2. The van der Waals surface area contributed by atoms with Crippen molar-refractivity contribution in [1.82, 2.24) is 0 Å². The molecule has 2 rings (SSSR count). The number of ether oxygens (including phenoxy) is 3. The van der Waals surface area contributed by atoms with Gasteiger partial charge in [0.1, 0.15) is 24.7 Å². The summed E-state index contributed by atoms with van der Waals surface area (Å²) in [7, 11) is -5.90. The van der Waals surface area contributed by atoms with Gasteiger partial charge in [-0.15, -0.1) is 0 Å². The van der Waals surface area contributed by atoms with Gasteiger partial charge in [-0.3, -0.25) is 4.55 Å². The molecule has 28 heavy (non-hydrogen) atoms. The Morgan fingerprint density at radius 3 is 2.04 bits per heavy atom. The number of halogens is 2. The fraction of sp³-hybridized carbons (Fsp3) is 0.389. The third-order valence-corrected chi connectivity index (χ3v) is 4.55. The van der Waals surface area contributed by atoms with E-state index < -0.39 is 27.9 Å². The quantitative estimate of drug-likeness (QED) is 0.359. The standard InChI is InChI=1S/C18H20F2O7S/c1-2-3-10-25-15-8-4-7-14-13(15)6-5-9-16(14)26-11-12-27-17(21)18(19,20)28(22,23)24/h4-9H,2-3,10-12H2,1H3,(H,22,23,24). The van der Waals surface area contributed by atoms with E-state index >= 15 is 0 Å². The summed E-state index contributed by atoms with van der Waals surface area (Å²) in [5, 5.41) is -3.52. The predicted octanol–water partition coefficient (Wildman–Crippen LogP) is 3.42. The van der Waals surface area contributed by atoms with Crippen molar-refractivity contribution in [2.75, 3.05) is 19.8 Å². The number of carbonyl (C=O) groups is 1. The molecule has 154 valence electrons. The third kappa shape index (κ3) is 5.08. The first-order chi connectivity index (χ1) is 13.2. The fourth-order valence-corrected chi connectivity index (χ4v) is 2.58. The Morgan fingerprint density at radius 2 is 1.54 bits per heavy atom. The lowest BCUT2D eigenvalue weighted by Crippen LogP contribution is -2.39. The Labute approximate surface area is 160 Å². The molecule has 7 nitrogen and oxygen atoms in total. The zero-order valence-corrected chi connectivity index (χ0v) is 15.9. The Kier molecular flexibility index (Phi) is 7.14. The van der Waals surface area contributed by atoms with Gasteiger partial charge in [0.05, 0.1) is 6.61 Å². The summed E-state index contributed by atoms with van der Waals surface area (Å²) in [6.45, 7) is 1.69. The lowest BCUT2D eigenvalue weighted by molar-refractivity contribution is -0.162. The molecular formula is C18H20F2O7S. The minimum Gasteiger partial charge on any atom is -0.493 e. The first-order valence-corrected chi connectivity index (χ1v) is 9.92. The number of rotatable bonds is 10. The molecule has 0 aliphatic rings. The van der Waals surface area contributed by atoms with Gasteiger partial charge in [0, 0.05) is 10.8 Å². The minimum absolute atomic E-state index is 0.298. The van der Waals surface area contributed by atoms with E-state index in [1.807, 2.05) is 12.1 Å². The maximum absolute atomic E-state index is 13.1. The largest absolute Gasteiger partial charge is 0.493 e. The molecular weight excluding hydrogens is 398 g/mol. The van der Waals surface area contributed by atoms with Crippen molar-refractivity contribution in [3.63, 3.8) is 0 Å². The van der Waals surface area contributed by atoms with E-state index in [0.717, 1.165) is 18.2 Å². The molecule has 0 fully saturated rings. The summed E-state index contributed by atoms with van der Waals surface area (Å²) < 4.78 is 70.9. The topological polar surface area (TPSA) is 99.1 Å². The zero-order chi connectivity index (χ0) is 20.8. The van der Waals surface area contributed by atoms with Crippen molar-refractivity contribution >= 4 is 26.9 Å². The second kappa shape index (κ2) is 9.16. The molecule has 0 heterocycles. The van der Waals surface area contributed by atoms with Gasteiger partial charge in [-0.2, -0.15) is 17.2 Å². The van der Waals surface area contributed by atoms with E-state index in [4.69, 9.17) is 14.0 Å². The van der Waals surface area contributed by atoms with Gasteiger partial charge in [-0.25, -0.2) is 4.79 Å². The molecule has 0 saturated carbocycles. The van der Waals surface area contributed by atoms with Crippen LogP contribution in [0.15, 0.2) is 36.4 Å². The van der Waals surface area contributed by atoms with Gasteiger partial charge < -0.3 is 14.2 Å². The Morgan fingerprint density at radius 1 is 1.00 bits per heavy atom. The average Bonchev–Trinajstić information content (AvgIpc) is 2.64. The van der Waals surface area contributed by atoms with Crippen LogP contribution in [0.5, 0.6) is 11.5 Å². The summed E-state index contributed by atoms with van der Waals surface area (Å²) in [6.07, 6.45) is 1.90. The molecule has 0 spiro atoms.